The Bertz CT molecular complexity index is 325. The van der Waals surface area contributed by atoms with Crippen LogP contribution < -0.4 is 4.90 Å². The van der Waals surface area contributed by atoms with Crippen LogP contribution in [0.25, 0.3) is 0 Å². The van der Waals surface area contributed by atoms with E-state index in [2.05, 4.69) is 16.6 Å². The van der Waals surface area contributed by atoms with E-state index in [1.165, 1.54) is 7.11 Å². The van der Waals surface area contributed by atoms with Gasteiger partial charge in [-0.1, -0.05) is 6.92 Å². The number of esters is 1. The number of aryl methyl sites for hydroxylation is 1. The topological polar surface area (TPSA) is 42.4 Å². The summed E-state index contributed by atoms with van der Waals surface area (Å²) in [6.45, 7) is 5.08. The van der Waals surface area contributed by atoms with Crippen molar-refractivity contribution >= 4 is 22.4 Å². The van der Waals surface area contributed by atoms with Gasteiger partial charge in [-0.05, 0) is 13.3 Å². The molecule has 5 heteroatoms. The quantitative estimate of drug-likeness (QED) is 0.719. The molecule has 0 unspecified atom stereocenters. The highest BCUT2D eigenvalue weighted by molar-refractivity contribution is 7.13. The van der Waals surface area contributed by atoms with Crippen molar-refractivity contribution in [2.45, 2.75) is 20.3 Å². The van der Waals surface area contributed by atoms with Gasteiger partial charge >= 0.3 is 5.97 Å². The predicted molar refractivity (Wildman–Crippen MR) is 61.4 cm³/mol. The van der Waals surface area contributed by atoms with E-state index >= 15 is 0 Å². The fourth-order valence-electron chi connectivity index (χ4n) is 1.14. The number of hydrogen-bond donors (Lipinski definition) is 0. The average molecular weight is 228 g/mol. The van der Waals surface area contributed by atoms with E-state index in [0.29, 0.717) is 0 Å². The first-order chi connectivity index (χ1) is 7.21. The highest BCUT2D eigenvalue weighted by atomic mass is 32.1. The van der Waals surface area contributed by atoms with Crippen molar-refractivity contribution in [3.63, 3.8) is 0 Å². The molecular weight excluding hydrogens is 212 g/mol. The number of aromatic nitrogens is 1. The summed E-state index contributed by atoms with van der Waals surface area (Å²) in [6, 6.07) is 0. The fourth-order valence-corrected chi connectivity index (χ4v) is 2.11. The number of nitrogens with zero attached hydrogens (tertiary/aromatic N) is 2. The van der Waals surface area contributed by atoms with Gasteiger partial charge in [0.2, 0.25) is 0 Å². The molecular formula is C10H16N2O2S. The minimum Gasteiger partial charge on any atom is -0.468 e. The number of anilines is 1. The lowest BCUT2D eigenvalue weighted by Gasteiger charge is -2.17. The molecule has 0 aliphatic carbocycles. The second kappa shape index (κ2) is 5.70. The number of carbonyl (C=O) groups excluding carboxylic acids is 1. The van der Waals surface area contributed by atoms with E-state index < -0.39 is 0 Å². The molecule has 0 N–H and O–H groups in total. The van der Waals surface area contributed by atoms with Crippen LogP contribution in [0, 0.1) is 0 Å². The molecule has 0 saturated heterocycles. The smallest absolute Gasteiger partial charge is 0.325 e. The second-order valence-corrected chi connectivity index (χ2v) is 3.90. The van der Waals surface area contributed by atoms with Crippen LogP contribution in [-0.2, 0) is 16.0 Å². The number of methoxy groups -OCH3 is 1. The molecule has 0 aliphatic rings. The third-order valence-corrected chi connectivity index (χ3v) is 3.05. The molecule has 0 aromatic carbocycles. The van der Waals surface area contributed by atoms with Crippen molar-refractivity contribution in [2.75, 3.05) is 25.1 Å². The van der Waals surface area contributed by atoms with E-state index in [-0.39, 0.29) is 12.5 Å². The number of thiazole rings is 1. The van der Waals surface area contributed by atoms with Crippen molar-refractivity contribution in [2.24, 2.45) is 0 Å². The summed E-state index contributed by atoms with van der Waals surface area (Å²) in [7, 11) is 1.40. The Morgan fingerprint density at radius 3 is 2.80 bits per heavy atom. The van der Waals surface area contributed by atoms with Crippen LogP contribution in [0.2, 0.25) is 0 Å². The Kier molecular flexibility index (Phi) is 4.55. The highest BCUT2D eigenvalue weighted by Crippen LogP contribution is 2.20. The highest BCUT2D eigenvalue weighted by Gasteiger charge is 2.13. The molecule has 0 fully saturated rings. The third kappa shape index (κ3) is 3.20. The van der Waals surface area contributed by atoms with Crippen molar-refractivity contribution in [1.29, 1.82) is 0 Å². The van der Waals surface area contributed by atoms with Gasteiger partial charge in [0.15, 0.2) is 5.13 Å². The van der Waals surface area contributed by atoms with Crippen molar-refractivity contribution in [3.8, 4) is 0 Å². The molecule has 1 heterocycles. The number of carbonyl (C=O) groups is 1. The molecule has 0 aliphatic heterocycles. The molecule has 1 aromatic rings. The van der Waals surface area contributed by atoms with Gasteiger partial charge in [0.1, 0.15) is 6.54 Å². The van der Waals surface area contributed by atoms with Crippen molar-refractivity contribution in [1.82, 2.24) is 4.98 Å². The first kappa shape index (κ1) is 12.0. The molecule has 0 saturated carbocycles. The minimum absolute atomic E-state index is 0.231. The third-order valence-electron chi connectivity index (χ3n) is 2.10. The molecule has 4 nitrogen and oxygen atoms in total. The summed E-state index contributed by atoms with van der Waals surface area (Å²) in [4.78, 5) is 17.5. The second-order valence-electron chi connectivity index (χ2n) is 3.07. The monoisotopic (exact) mass is 228 g/mol. The Morgan fingerprint density at radius 1 is 1.60 bits per heavy atom. The molecule has 0 radical (unpaired) electrons. The number of likely N-dealkylation sites (N-methyl/N-ethyl adjacent to an activating group) is 1. The predicted octanol–water partition coefficient (Wildman–Crippen LogP) is 1.70. The minimum atomic E-state index is -0.231. The van der Waals surface area contributed by atoms with Crippen LogP contribution in [0.15, 0.2) is 5.38 Å². The lowest BCUT2D eigenvalue weighted by molar-refractivity contribution is -0.138. The van der Waals surface area contributed by atoms with Gasteiger partial charge in [0.25, 0.3) is 0 Å². The first-order valence-electron chi connectivity index (χ1n) is 4.97. The van der Waals surface area contributed by atoms with Gasteiger partial charge in [-0.3, -0.25) is 4.79 Å². The van der Waals surface area contributed by atoms with Crippen LogP contribution in [0.1, 0.15) is 19.5 Å². The Hall–Kier alpha value is -1.10. The molecule has 0 bridgehead atoms. The van der Waals surface area contributed by atoms with Gasteiger partial charge in [-0.2, -0.15) is 0 Å². The number of ether oxygens (including phenoxy) is 1. The largest absolute Gasteiger partial charge is 0.468 e. The molecule has 84 valence electrons. The zero-order valence-corrected chi connectivity index (χ0v) is 10.1. The summed E-state index contributed by atoms with van der Waals surface area (Å²) in [6.07, 6.45) is 0.923. The molecule has 0 amide bonds. The SMILES string of the molecule is CCc1csc(N(CC)CC(=O)OC)n1. The maximum atomic E-state index is 11.1. The van der Waals surface area contributed by atoms with E-state index in [4.69, 9.17) is 0 Å². The summed E-state index contributed by atoms with van der Waals surface area (Å²) in [5.41, 5.74) is 1.07. The molecule has 1 rings (SSSR count). The van der Waals surface area contributed by atoms with E-state index in [1.807, 2.05) is 17.2 Å². The Morgan fingerprint density at radius 2 is 2.33 bits per heavy atom. The summed E-state index contributed by atoms with van der Waals surface area (Å²) < 4.78 is 4.63. The van der Waals surface area contributed by atoms with Crippen molar-refractivity contribution < 1.29 is 9.53 Å². The van der Waals surface area contributed by atoms with E-state index in [1.54, 1.807) is 11.3 Å². The maximum Gasteiger partial charge on any atom is 0.325 e. The standard InChI is InChI=1S/C10H16N2O2S/c1-4-8-7-15-10(11-8)12(5-2)6-9(13)14-3/h7H,4-6H2,1-3H3. The van der Waals surface area contributed by atoms with Gasteiger partial charge < -0.3 is 9.64 Å². The van der Waals surface area contributed by atoms with Crippen LogP contribution in [-0.4, -0.2) is 31.2 Å². The normalized spacial score (nSPS) is 10.1. The lowest BCUT2D eigenvalue weighted by atomic mass is 10.4. The molecule has 0 spiro atoms. The molecule has 15 heavy (non-hydrogen) atoms. The van der Waals surface area contributed by atoms with Gasteiger partial charge in [-0.25, -0.2) is 4.98 Å². The van der Waals surface area contributed by atoms with E-state index in [9.17, 15) is 4.79 Å². The number of rotatable bonds is 5. The average Bonchev–Trinajstić information content (AvgIpc) is 2.73. The van der Waals surface area contributed by atoms with Crippen LogP contribution in [0.5, 0.6) is 0 Å². The van der Waals surface area contributed by atoms with Gasteiger partial charge in [0, 0.05) is 11.9 Å². The van der Waals surface area contributed by atoms with Crippen LogP contribution in [0.4, 0.5) is 5.13 Å². The summed E-state index contributed by atoms with van der Waals surface area (Å²) >= 11 is 1.57. The number of hydrogen-bond acceptors (Lipinski definition) is 5. The van der Waals surface area contributed by atoms with Gasteiger partial charge in [-0.15, -0.1) is 11.3 Å². The summed E-state index contributed by atoms with van der Waals surface area (Å²) in [5.74, 6) is -0.231. The molecule has 0 atom stereocenters. The Balaban J connectivity index is 2.69. The maximum absolute atomic E-state index is 11.1. The molecule has 1 aromatic heterocycles. The van der Waals surface area contributed by atoms with Crippen molar-refractivity contribution in [3.05, 3.63) is 11.1 Å². The lowest BCUT2D eigenvalue weighted by Crippen LogP contribution is -2.30. The van der Waals surface area contributed by atoms with E-state index in [0.717, 1.165) is 23.8 Å². The zero-order chi connectivity index (χ0) is 11.3. The first-order valence-corrected chi connectivity index (χ1v) is 5.85. The summed E-state index contributed by atoms with van der Waals surface area (Å²) in [5, 5.41) is 2.91. The van der Waals surface area contributed by atoms with Crippen LogP contribution in [0.3, 0.4) is 0 Å². The van der Waals surface area contributed by atoms with Gasteiger partial charge in [0.05, 0.1) is 12.8 Å². The fraction of sp³-hybridized carbons (Fsp3) is 0.600. The zero-order valence-electron chi connectivity index (χ0n) is 9.32. The Labute approximate surface area is 93.9 Å². The van der Waals surface area contributed by atoms with Crippen LogP contribution >= 0.6 is 11.3 Å².